The number of hydrogen-bond donors (Lipinski definition) is 3. The van der Waals surface area contributed by atoms with Gasteiger partial charge in [-0.2, -0.15) is 0 Å². The molecule has 1 fully saturated rings. The lowest BCUT2D eigenvalue weighted by atomic mass is 10.1. The molecule has 3 N–H and O–H groups in total. The first-order chi connectivity index (χ1) is 8.45. The standard InChI is InChI=1S/C13H24N2O3/c1-4-5-8(2)14-12(16)9(3)15-11(13(17)18)10-6-7-10/h8-11,15H,4-7H2,1-3H3,(H,14,16)(H,17,18). The summed E-state index contributed by atoms with van der Waals surface area (Å²) in [5.74, 6) is -0.799. The second kappa shape index (κ2) is 6.73. The molecule has 5 nitrogen and oxygen atoms in total. The summed E-state index contributed by atoms with van der Waals surface area (Å²) in [6.07, 6.45) is 3.82. The van der Waals surface area contributed by atoms with E-state index in [4.69, 9.17) is 5.11 Å². The quantitative estimate of drug-likeness (QED) is 0.608. The van der Waals surface area contributed by atoms with Crippen molar-refractivity contribution in [3.8, 4) is 0 Å². The maximum absolute atomic E-state index is 11.9. The third-order valence-electron chi connectivity index (χ3n) is 3.29. The molecule has 1 aliphatic carbocycles. The van der Waals surface area contributed by atoms with Crippen molar-refractivity contribution >= 4 is 11.9 Å². The Kier molecular flexibility index (Phi) is 5.59. The summed E-state index contributed by atoms with van der Waals surface area (Å²) >= 11 is 0. The van der Waals surface area contributed by atoms with Crippen molar-refractivity contribution in [3.05, 3.63) is 0 Å². The van der Waals surface area contributed by atoms with E-state index in [1.807, 2.05) is 6.92 Å². The van der Waals surface area contributed by atoms with Crippen molar-refractivity contribution in [2.45, 2.75) is 64.6 Å². The average molecular weight is 256 g/mol. The van der Waals surface area contributed by atoms with Crippen LogP contribution in [0.1, 0.15) is 46.5 Å². The van der Waals surface area contributed by atoms with E-state index in [1.54, 1.807) is 6.92 Å². The van der Waals surface area contributed by atoms with E-state index in [9.17, 15) is 9.59 Å². The van der Waals surface area contributed by atoms with Gasteiger partial charge < -0.3 is 10.4 Å². The minimum absolute atomic E-state index is 0.122. The molecule has 1 rings (SSSR count). The van der Waals surface area contributed by atoms with Gasteiger partial charge >= 0.3 is 5.97 Å². The normalized spacial score (nSPS) is 19.9. The molecule has 0 spiro atoms. The molecule has 0 saturated heterocycles. The number of carboxylic acid groups (broad SMARTS) is 1. The molecule has 104 valence electrons. The van der Waals surface area contributed by atoms with Crippen LogP contribution in [-0.4, -0.2) is 35.1 Å². The largest absolute Gasteiger partial charge is 0.480 e. The van der Waals surface area contributed by atoms with Crippen molar-refractivity contribution in [3.63, 3.8) is 0 Å². The van der Waals surface area contributed by atoms with E-state index in [0.29, 0.717) is 0 Å². The Morgan fingerprint density at radius 3 is 2.39 bits per heavy atom. The number of aliphatic carboxylic acids is 1. The van der Waals surface area contributed by atoms with Crippen LogP contribution in [0.25, 0.3) is 0 Å². The summed E-state index contributed by atoms with van der Waals surface area (Å²) in [5, 5.41) is 14.9. The van der Waals surface area contributed by atoms with Crippen molar-refractivity contribution in [2.24, 2.45) is 5.92 Å². The van der Waals surface area contributed by atoms with E-state index in [1.165, 1.54) is 0 Å². The first kappa shape index (κ1) is 15.0. The van der Waals surface area contributed by atoms with Gasteiger partial charge in [0.2, 0.25) is 5.91 Å². The molecule has 0 heterocycles. The molecule has 3 unspecified atom stereocenters. The summed E-state index contributed by atoms with van der Waals surface area (Å²) < 4.78 is 0. The number of rotatable bonds is 8. The number of carbonyl (C=O) groups is 2. The molecule has 18 heavy (non-hydrogen) atoms. The van der Waals surface area contributed by atoms with Gasteiger partial charge in [0, 0.05) is 6.04 Å². The zero-order valence-corrected chi connectivity index (χ0v) is 11.4. The Labute approximate surface area is 108 Å². The summed E-state index contributed by atoms with van der Waals surface area (Å²) in [5.41, 5.74) is 0. The second-order valence-electron chi connectivity index (χ2n) is 5.24. The number of nitrogens with one attached hydrogen (secondary N) is 2. The number of carbonyl (C=O) groups excluding carboxylic acids is 1. The second-order valence-corrected chi connectivity index (χ2v) is 5.24. The van der Waals surface area contributed by atoms with Gasteiger partial charge in [-0.3, -0.25) is 14.9 Å². The minimum Gasteiger partial charge on any atom is -0.480 e. The lowest BCUT2D eigenvalue weighted by molar-refractivity contribution is -0.140. The van der Waals surface area contributed by atoms with Crippen LogP contribution in [0.5, 0.6) is 0 Å². The van der Waals surface area contributed by atoms with Gasteiger partial charge in [-0.05, 0) is 39.0 Å². The topological polar surface area (TPSA) is 78.4 Å². The first-order valence-electron chi connectivity index (χ1n) is 6.75. The van der Waals surface area contributed by atoms with Gasteiger partial charge in [-0.1, -0.05) is 13.3 Å². The molecule has 1 aliphatic rings. The Bertz CT molecular complexity index is 303. The smallest absolute Gasteiger partial charge is 0.321 e. The Hall–Kier alpha value is -1.10. The van der Waals surface area contributed by atoms with Gasteiger partial charge in [0.25, 0.3) is 0 Å². The molecular formula is C13H24N2O3. The number of amides is 1. The van der Waals surface area contributed by atoms with Crippen LogP contribution in [0.2, 0.25) is 0 Å². The molecule has 3 atom stereocenters. The molecule has 1 saturated carbocycles. The van der Waals surface area contributed by atoms with Gasteiger partial charge in [-0.25, -0.2) is 0 Å². The monoisotopic (exact) mass is 256 g/mol. The minimum atomic E-state index is -0.862. The summed E-state index contributed by atoms with van der Waals surface area (Å²) in [6, 6.07) is -0.922. The molecular weight excluding hydrogens is 232 g/mol. The van der Waals surface area contributed by atoms with E-state index in [2.05, 4.69) is 17.6 Å². The Balaban J connectivity index is 2.40. The number of hydrogen-bond acceptors (Lipinski definition) is 3. The molecule has 0 radical (unpaired) electrons. The molecule has 1 amide bonds. The fraction of sp³-hybridized carbons (Fsp3) is 0.846. The van der Waals surface area contributed by atoms with Crippen LogP contribution in [0.15, 0.2) is 0 Å². The van der Waals surface area contributed by atoms with Gasteiger partial charge in [0.05, 0.1) is 6.04 Å². The number of carboxylic acids is 1. The molecule has 5 heteroatoms. The van der Waals surface area contributed by atoms with E-state index in [-0.39, 0.29) is 17.9 Å². The lowest BCUT2D eigenvalue weighted by Crippen LogP contribution is -2.51. The highest BCUT2D eigenvalue weighted by atomic mass is 16.4. The fourth-order valence-electron chi connectivity index (χ4n) is 2.06. The van der Waals surface area contributed by atoms with Crippen LogP contribution in [0.4, 0.5) is 0 Å². The Morgan fingerprint density at radius 2 is 1.94 bits per heavy atom. The maximum atomic E-state index is 11.9. The van der Waals surface area contributed by atoms with E-state index < -0.39 is 18.1 Å². The highest BCUT2D eigenvalue weighted by Crippen LogP contribution is 2.32. The van der Waals surface area contributed by atoms with Crippen molar-refractivity contribution in [1.82, 2.24) is 10.6 Å². The maximum Gasteiger partial charge on any atom is 0.321 e. The van der Waals surface area contributed by atoms with Crippen molar-refractivity contribution < 1.29 is 14.7 Å². The van der Waals surface area contributed by atoms with Crippen molar-refractivity contribution in [2.75, 3.05) is 0 Å². The van der Waals surface area contributed by atoms with E-state index >= 15 is 0 Å². The molecule has 0 aromatic rings. The molecule has 0 aromatic heterocycles. The average Bonchev–Trinajstić information content (AvgIpc) is 3.08. The highest BCUT2D eigenvalue weighted by Gasteiger charge is 2.37. The SMILES string of the molecule is CCCC(C)NC(=O)C(C)NC(C(=O)O)C1CC1. The van der Waals surface area contributed by atoms with Crippen LogP contribution in [-0.2, 0) is 9.59 Å². The van der Waals surface area contributed by atoms with Gasteiger partial charge in [0.15, 0.2) is 0 Å². The van der Waals surface area contributed by atoms with Crippen molar-refractivity contribution in [1.29, 1.82) is 0 Å². The lowest BCUT2D eigenvalue weighted by Gasteiger charge is -2.21. The third kappa shape index (κ3) is 4.64. The van der Waals surface area contributed by atoms with Crippen LogP contribution < -0.4 is 10.6 Å². The summed E-state index contributed by atoms with van der Waals surface area (Å²) in [4.78, 5) is 22.9. The van der Waals surface area contributed by atoms with Crippen LogP contribution >= 0.6 is 0 Å². The summed E-state index contributed by atoms with van der Waals surface area (Å²) in [7, 11) is 0. The van der Waals surface area contributed by atoms with Gasteiger partial charge in [-0.15, -0.1) is 0 Å². The van der Waals surface area contributed by atoms with Gasteiger partial charge in [0.1, 0.15) is 6.04 Å². The first-order valence-corrected chi connectivity index (χ1v) is 6.75. The molecule has 0 bridgehead atoms. The van der Waals surface area contributed by atoms with Crippen LogP contribution in [0, 0.1) is 5.92 Å². The Morgan fingerprint density at radius 1 is 1.33 bits per heavy atom. The third-order valence-corrected chi connectivity index (χ3v) is 3.29. The predicted octanol–water partition coefficient (Wildman–Crippen LogP) is 1.13. The van der Waals surface area contributed by atoms with Crippen LogP contribution in [0.3, 0.4) is 0 Å². The molecule has 0 aliphatic heterocycles. The fourth-order valence-corrected chi connectivity index (χ4v) is 2.06. The zero-order valence-electron chi connectivity index (χ0n) is 11.4. The van der Waals surface area contributed by atoms with E-state index in [0.717, 1.165) is 25.7 Å². The predicted molar refractivity (Wildman–Crippen MR) is 69.3 cm³/mol. The zero-order chi connectivity index (χ0) is 13.7. The summed E-state index contributed by atoms with van der Waals surface area (Å²) in [6.45, 7) is 5.74. The highest BCUT2D eigenvalue weighted by molar-refractivity contribution is 5.83. The molecule has 0 aromatic carbocycles.